The molecule has 2 saturated heterocycles. The average molecular weight is 198 g/mol. The maximum absolute atomic E-state index is 5.84. The highest BCUT2D eigenvalue weighted by atomic mass is 16.5. The van der Waals surface area contributed by atoms with Crippen LogP contribution in [0, 0.1) is 0 Å². The van der Waals surface area contributed by atoms with E-state index in [4.69, 9.17) is 4.74 Å². The number of morpholine rings is 1. The van der Waals surface area contributed by atoms with Gasteiger partial charge in [0.2, 0.25) is 0 Å². The Bertz CT molecular complexity index is 184. The smallest absolute Gasteiger partial charge is 0.0827 e. The predicted molar refractivity (Wildman–Crippen MR) is 57.5 cm³/mol. The Morgan fingerprint density at radius 1 is 1.50 bits per heavy atom. The van der Waals surface area contributed by atoms with Crippen LogP contribution in [0.15, 0.2) is 0 Å². The molecule has 2 rings (SSSR count). The van der Waals surface area contributed by atoms with Crippen LogP contribution in [0.25, 0.3) is 0 Å². The molecule has 3 nitrogen and oxygen atoms in total. The van der Waals surface area contributed by atoms with Gasteiger partial charge in [-0.25, -0.2) is 0 Å². The summed E-state index contributed by atoms with van der Waals surface area (Å²) >= 11 is 0. The Kier molecular flexibility index (Phi) is 3.42. The SMILES string of the molecule is CC(C)NCC1CN2CCCC2CO1. The standard InChI is InChI=1S/C11H22N2O/c1-9(2)12-6-11-7-13-5-3-4-10(13)8-14-11/h9-12H,3-8H2,1-2H3. The number of nitrogens with zero attached hydrogens (tertiary/aromatic N) is 1. The van der Waals surface area contributed by atoms with E-state index in [1.165, 1.54) is 19.4 Å². The third-order valence-electron chi connectivity index (χ3n) is 3.22. The Balaban J connectivity index is 1.74. The molecule has 14 heavy (non-hydrogen) atoms. The van der Waals surface area contributed by atoms with E-state index in [-0.39, 0.29) is 0 Å². The summed E-state index contributed by atoms with van der Waals surface area (Å²) in [6, 6.07) is 1.29. The van der Waals surface area contributed by atoms with Crippen LogP contribution in [0.3, 0.4) is 0 Å². The summed E-state index contributed by atoms with van der Waals surface area (Å²) < 4.78 is 5.84. The average Bonchev–Trinajstić information content (AvgIpc) is 2.61. The zero-order chi connectivity index (χ0) is 9.97. The van der Waals surface area contributed by atoms with Crippen molar-refractivity contribution in [2.24, 2.45) is 0 Å². The quantitative estimate of drug-likeness (QED) is 0.727. The van der Waals surface area contributed by atoms with E-state index in [2.05, 4.69) is 24.1 Å². The van der Waals surface area contributed by atoms with Gasteiger partial charge in [-0.2, -0.15) is 0 Å². The van der Waals surface area contributed by atoms with Crippen molar-refractivity contribution in [2.45, 2.75) is 44.9 Å². The normalized spacial score (nSPS) is 33.6. The van der Waals surface area contributed by atoms with Gasteiger partial charge >= 0.3 is 0 Å². The fourth-order valence-corrected chi connectivity index (χ4v) is 2.38. The Labute approximate surface area is 86.8 Å². The Morgan fingerprint density at radius 2 is 2.36 bits per heavy atom. The lowest BCUT2D eigenvalue weighted by molar-refractivity contribution is -0.0475. The van der Waals surface area contributed by atoms with Gasteiger partial charge in [0, 0.05) is 25.2 Å². The molecule has 2 aliphatic heterocycles. The van der Waals surface area contributed by atoms with Crippen LogP contribution in [-0.4, -0.2) is 49.3 Å². The zero-order valence-electron chi connectivity index (χ0n) is 9.33. The number of ether oxygens (including phenoxy) is 1. The zero-order valence-corrected chi connectivity index (χ0v) is 9.33. The van der Waals surface area contributed by atoms with Gasteiger partial charge in [-0.3, -0.25) is 4.90 Å². The molecule has 0 aromatic rings. The van der Waals surface area contributed by atoms with Crippen molar-refractivity contribution in [2.75, 3.05) is 26.2 Å². The van der Waals surface area contributed by atoms with E-state index in [1.807, 2.05) is 0 Å². The molecular weight excluding hydrogens is 176 g/mol. The van der Waals surface area contributed by atoms with Crippen LogP contribution in [0.4, 0.5) is 0 Å². The third kappa shape index (κ3) is 2.47. The molecule has 0 aliphatic carbocycles. The second-order valence-electron chi connectivity index (χ2n) is 4.81. The van der Waals surface area contributed by atoms with E-state index < -0.39 is 0 Å². The molecule has 0 radical (unpaired) electrons. The van der Waals surface area contributed by atoms with E-state index >= 15 is 0 Å². The molecule has 2 unspecified atom stereocenters. The molecule has 2 heterocycles. The first-order chi connectivity index (χ1) is 6.75. The third-order valence-corrected chi connectivity index (χ3v) is 3.22. The van der Waals surface area contributed by atoms with Crippen LogP contribution >= 0.6 is 0 Å². The van der Waals surface area contributed by atoms with E-state index in [0.29, 0.717) is 12.1 Å². The molecule has 0 amide bonds. The number of rotatable bonds is 3. The van der Waals surface area contributed by atoms with Gasteiger partial charge in [-0.15, -0.1) is 0 Å². The van der Waals surface area contributed by atoms with Crippen molar-refractivity contribution in [3.05, 3.63) is 0 Å². The predicted octanol–water partition coefficient (Wildman–Crippen LogP) is 0.848. The van der Waals surface area contributed by atoms with E-state index in [9.17, 15) is 0 Å². The van der Waals surface area contributed by atoms with Crippen LogP contribution in [0.2, 0.25) is 0 Å². The van der Waals surface area contributed by atoms with Crippen LogP contribution < -0.4 is 5.32 Å². The molecular formula is C11H22N2O. The van der Waals surface area contributed by atoms with Gasteiger partial charge in [0.25, 0.3) is 0 Å². The highest BCUT2D eigenvalue weighted by Crippen LogP contribution is 2.22. The van der Waals surface area contributed by atoms with E-state index in [1.54, 1.807) is 0 Å². The molecule has 2 atom stereocenters. The molecule has 0 saturated carbocycles. The van der Waals surface area contributed by atoms with Crippen LogP contribution in [0.5, 0.6) is 0 Å². The Morgan fingerprint density at radius 3 is 3.14 bits per heavy atom. The lowest BCUT2D eigenvalue weighted by Crippen LogP contribution is -2.50. The molecule has 0 aromatic carbocycles. The van der Waals surface area contributed by atoms with Crippen molar-refractivity contribution in [3.8, 4) is 0 Å². The minimum absolute atomic E-state index is 0.409. The first kappa shape index (κ1) is 10.4. The van der Waals surface area contributed by atoms with Crippen molar-refractivity contribution < 1.29 is 4.74 Å². The summed E-state index contributed by atoms with van der Waals surface area (Å²) in [6.45, 7) is 8.73. The number of hydrogen-bond acceptors (Lipinski definition) is 3. The molecule has 82 valence electrons. The summed E-state index contributed by atoms with van der Waals surface area (Å²) in [5.74, 6) is 0. The molecule has 0 bridgehead atoms. The molecule has 0 spiro atoms. The topological polar surface area (TPSA) is 24.5 Å². The number of nitrogens with one attached hydrogen (secondary N) is 1. The van der Waals surface area contributed by atoms with Gasteiger partial charge in [-0.05, 0) is 19.4 Å². The molecule has 2 aliphatic rings. The van der Waals surface area contributed by atoms with Crippen molar-refractivity contribution in [3.63, 3.8) is 0 Å². The van der Waals surface area contributed by atoms with Gasteiger partial charge in [0.05, 0.1) is 12.7 Å². The van der Waals surface area contributed by atoms with Crippen molar-refractivity contribution >= 4 is 0 Å². The first-order valence-corrected chi connectivity index (χ1v) is 5.84. The highest BCUT2D eigenvalue weighted by molar-refractivity contribution is 4.85. The number of fused-ring (bicyclic) bond motifs is 1. The fraction of sp³-hybridized carbons (Fsp3) is 1.00. The lowest BCUT2D eigenvalue weighted by atomic mass is 10.2. The lowest BCUT2D eigenvalue weighted by Gasteiger charge is -2.35. The second-order valence-corrected chi connectivity index (χ2v) is 4.81. The number of hydrogen-bond donors (Lipinski definition) is 1. The van der Waals surface area contributed by atoms with E-state index in [0.717, 1.165) is 25.7 Å². The Hall–Kier alpha value is -0.120. The van der Waals surface area contributed by atoms with Crippen LogP contribution in [-0.2, 0) is 4.74 Å². The molecule has 3 heteroatoms. The van der Waals surface area contributed by atoms with Gasteiger partial charge in [-0.1, -0.05) is 13.8 Å². The summed E-state index contributed by atoms with van der Waals surface area (Å²) in [6.07, 6.45) is 3.11. The summed E-state index contributed by atoms with van der Waals surface area (Å²) in [4.78, 5) is 2.59. The van der Waals surface area contributed by atoms with Crippen LogP contribution in [0.1, 0.15) is 26.7 Å². The maximum atomic E-state index is 5.84. The molecule has 1 N–H and O–H groups in total. The van der Waals surface area contributed by atoms with Gasteiger partial charge < -0.3 is 10.1 Å². The van der Waals surface area contributed by atoms with Gasteiger partial charge in [0.15, 0.2) is 0 Å². The minimum Gasteiger partial charge on any atom is -0.374 e. The summed E-state index contributed by atoms with van der Waals surface area (Å²) in [5, 5.41) is 3.44. The second kappa shape index (κ2) is 4.60. The maximum Gasteiger partial charge on any atom is 0.0827 e. The summed E-state index contributed by atoms with van der Waals surface area (Å²) in [7, 11) is 0. The highest BCUT2D eigenvalue weighted by Gasteiger charge is 2.31. The fourth-order valence-electron chi connectivity index (χ4n) is 2.38. The van der Waals surface area contributed by atoms with Crippen molar-refractivity contribution in [1.82, 2.24) is 10.2 Å². The van der Waals surface area contributed by atoms with Crippen molar-refractivity contribution in [1.29, 1.82) is 0 Å². The minimum atomic E-state index is 0.409. The first-order valence-electron chi connectivity index (χ1n) is 5.84. The van der Waals surface area contributed by atoms with Gasteiger partial charge in [0.1, 0.15) is 0 Å². The molecule has 0 aromatic heterocycles. The summed E-state index contributed by atoms with van der Waals surface area (Å²) in [5.41, 5.74) is 0. The molecule has 2 fully saturated rings. The largest absolute Gasteiger partial charge is 0.374 e. The monoisotopic (exact) mass is 198 g/mol.